The van der Waals surface area contributed by atoms with Gasteiger partial charge in [-0.3, -0.25) is 0 Å². The van der Waals surface area contributed by atoms with Crippen molar-refractivity contribution >= 4 is 0 Å². The summed E-state index contributed by atoms with van der Waals surface area (Å²) in [6.45, 7) is 2.91. The number of aromatic nitrogens is 3. The SMILES string of the molecule is Cc1c(CN)nnn1-c1ccc(OCc2ccccc2)cc1. The van der Waals surface area contributed by atoms with Crippen LogP contribution in [0.25, 0.3) is 5.69 Å². The predicted molar refractivity (Wildman–Crippen MR) is 84.8 cm³/mol. The molecule has 0 unspecified atom stereocenters. The summed E-state index contributed by atoms with van der Waals surface area (Å²) in [5, 5.41) is 8.19. The van der Waals surface area contributed by atoms with Crippen molar-refractivity contribution in [3.8, 4) is 11.4 Å². The molecule has 22 heavy (non-hydrogen) atoms. The van der Waals surface area contributed by atoms with E-state index in [0.717, 1.165) is 28.4 Å². The molecule has 1 heterocycles. The van der Waals surface area contributed by atoms with Gasteiger partial charge in [0.2, 0.25) is 0 Å². The first-order valence-corrected chi connectivity index (χ1v) is 7.16. The van der Waals surface area contributed by atoms with Crippen LogP contribution in [-0.2, 0) is 13.2 Å². The summed E-state index contributed by atoms with van der Waals surface area (Å²) < 4.78 is 7.56. The minimum atomic E-state index is 0.393. The van der Waals surface area contributed by atoms with Crippen LogP contribution in [0.2, 0.25) is 0 Å². The number of hydrogen-bond donors (Lipinski definition) is 1. The van der Waals surface area contributed by atoms with E-state index in [1.165, 1.54) is 0 Å². The van der Waals surface area contributed by atoms with Crippen molar-refractivity contribution in [1.29, 1.82) is 0 Å². The van der Waals surface area contributed by atoms with Gasteiger partial charge >= 0.3 is 0 Å². The van der Waals surface area contributed by atoms with Gasteiger partial charge in [-0.05, 0) is 36.8 Å². The first kappa shape index (κ1) is 14.3. The van der Waals surface area contributed by atoms with E-state index in [0.29, 0.717) is 13.2 Å². The van der Waals surface area contributed by atoms with Gasteiger partial charge in [0.05, 0.1) is 17.1 Å². The molecule has 0 aliphatic heterocycles. The molecule has 0 bridgehead atoms. The molecule has 0 atom stereocenters. The smallest absolute Gasteiger partial charge is 0.119 e. The Bertz CT molecular complexity index is 735. The summed E-state index contributed by atoms with van der Waals surface area (Å²) in [5.41, 5.74) is 9.48. The highest BCUT2D eigenvalue weighted by Gasteiger charge is 2.08. The summed E-state index contributed by atoms with van der Waals surface area (Å²) in [6.07, 6.45) is 0. The fraction of sp³-hybridized carbons (Fsp3) is 0.176. The molecule has 2 N–H and O–H groups in total. The van der Waals surface area contributed by atoms with Crippen molar-refractivity contribution in [2.24, 2.45) is 5.73 Å². The average Bonchev–Trinajstić information content (AvgIpc) is 2.95. The Morgan fingerprint density at radius 3 is 2.41 bits per heavy atom. The number of hydrogen-bond acceptors (Lipinski definition) is 4. The quantitative estimate of drug-likeness (QED) is 0.785. The van der Waals surface area contributed by atoms with Crippen molar-refractivity contribution in [2.45, 2.75) is 20.1 Å². The molecule has 0 saturated heterocycles. The molecule has 5 nitrogen and oxygen atoms in total. The predicted octanol–water partition coefficient (Wildman–Crippen LogP) is 2.61. The van der Waals surface area contributed by atoms with Crippen LogP contribution in [0, 0.1) is 6.92 Å². The van der Waals surface area contributed by atoms with Gasteiger partial charge in [0.25, 0.3) is 0 Å². The van der Waals surface area contributed by atoms with Crippen LogP contribution in [0.1, 0.15) is 17.0 Å². The van der Waals surface area contributed by atoms with E-state index >= 15 is 0 Å². The highest BCUT2D eigenvalue weighted by molar-refractivity contribution is 5.38. The van der Waals surface area contributed by atoms with Crippen LogP contribution in [-0.4, -0.2) is 15.0 Å². The molecule has 0 fully saturated rings. The van der Waals surface area contributed by atoms with Crippen LogP contribution < -0.4 is 10.5 Å². The molecule has 0 aliphatic carbocycles. The van der Waals surface area contributed by atoms with Gasteiger partial charge in [-0.2, -0.15) is 0 Å². The Morgan fingerprint density at radius 1 is 1.05 bits per heavy atom. The summed E-state index contributed by atoms with van der Waals surface area (Å²) in [7, 11) is 0. The minimum absolute atomic E-state index is 0.393. The van der Waals surface area contributed by atoms with Gasteiger partial charge in [-0.15, -0.1) is 5.10 Å². The molecule has 1 aromatic heterocycles. The van der Waals surface area contributed by atoms with Gasteiger partial charge < -0.3 is 10.5 Å². The van der Waals surface area contributed by atoms with Crippen LogP contribution in [0.4, 0.5) is 0 Å². The molecule has 0 amide bonds. The van der Waals surface area contributed by atoms with Crippen molar-refractivity contribution in [1.82, 2.24) is 15.0 Å². The van der Waals surface area contributed by atoms with Gasteiger partial charge in [0, 0.05) is 6.54 Å². The van der Waals surface area contributed by atoms with Crippen LogP contribution in [0.5, 0.6) is 5.75 Å². The second-order valence-corrected chi connectivity index (χ2v) is 5.01. The summed E-state index contributed by atoms with van der Waals surface area (Å²) in [6, 6.07) is 17.9. The highest BCUT2D eigenvalue weighted by atomic mass is 16.5. The molecule has 2 aromatic carbocycles. The third-order valence-electron chi connectivity index (χ3n) is 3.51. The Kier molecular flexibility index (Phi) is 4.16. The lowest BCUT2D eigenvalue weighted by Gasteiger charge is -2.08. The van der Waals surface area contributed by atoms with Crippen LogP contribution in [0.15, 0.2) is 54.6 Å². The normalized spacial score (nSPS) is 10.6. The Labute approximate surface area is 129 Å². The van der Waals surface area contributed by atoms with E-state index in [4.69, 9.17) is 10.5 Å². The van der Waals surface area contributed by atoms with Gasteiger partial charge in [0.1, 0.15) is 12.4 Å². The van der Waals surface area contributed by atoms with Crippen molar-refractivity contribution in [3.63, 3.8) is 0 Å². The Balaban J connectivity index is 1.71. The third-order valence-corrected chi connectivity index (χ3v) is 3.51. The maximum Gasteiger partial charge on any atom is 0.119 e. The largest absolute Gasteiger partial charge is 0.489 e. The molecule has 0 saturated carbocycles. The van der Waals surface area contributed by atoms with Crippen molar-refractivity contribution in [2.75, 3.05) is 0 Å². The Morgan fingerprint density at radius 2 is 1.77 bits per heavy atom. The average molecular weight is 294 g/mol. The van der Waals surface area contributed by atoms with Crippen molar-refractivity contribution < 1.29 is 4.74 Å². The molecular weight excluding hydrogens is 276 g/mol. The van der Waals surface area contributed by atoms with Gasteiger partial charge in [-0.25, -0.2) is 4.68 Å². The summed E-state index contributed by atoms with van der Waals surface area (Å²) >= 11 is 0. The fourth-order valence-corrected chi connectivity index (χ4v) is 2.22. The zero-order valence-electron chi connectivity index (χ0n) is 12.4. The molecule has 112 valence electrons. The van der Waals surface area contributed by atoms with Crippen LogP contribution in [0.3, 0.4) is 0 Å². The van der Waals surface area contributed by atoms with Crippen molar-refractivity contribution in [3.05, 3.63) is 71.5 Å². The first-order valence-electron chi connectivity index (χ1n) is 7.16. The minimum Gasteiger partial charge on any atom is -0.489 e. The lowest BCUT2D eigenvalue weighted by atomic mass is 10.2. The molecule has 5 heteroatoms. The topological polar surface area (TPSA) is 66.0 Å². The monoisotopic (exact) mass is 294 g/mol. The summed E-state index contributed by atoms with van der Waals surface area (Å²) in [4.78, 5) is 0. The second-order valence-electron chi connectivity index (χ2n) is 5.01. The molecular formula is C17H18N4O. The number of benzene rings is 2. The highest BCUT2D eigenvalue weighted by Crippen LogP contribution is 2.18. The first-order chi connectivity index (χ1) is 10.8. The lowest BCUT2D eigenvalue weighted by molar-refractivity contribution is 0.306. The second kappa shape index (κ2) is 6.41. The standard InChI is InChI=1S/C17H18N4O/c1-13-17(11-18)19-20-21(13)15-7-9-16(10-8-15)22-12-14-5-3-2-4-6-14/h2-10H,11-12,18H2,1H3. The van der Waals surface area contributed by atoms with Gasteiger partial charge in [0.15, 0.2) is 0 Å². The number of rotatable bonds is 5. The maximum absolute atomic E-state index is 5.77. The van der Waals surface area contributed by atoms with E-state index in [9.17, 15) is 0 Å². The molecule has 3 rings (SSSR count). The molecule has 0 radical (unpaired) electrons. The van der Waals surface area contributed by atoms with Crippen LogP contribution >= 0.6 is 0 Å². The lowest BCUT2D eigenvalue weighted by Crippen LogP contribution is -2.02. The zero-order chi connectivity index (χ0) is 15.4. The number of nitrogens with zero attached hydrogens (tertiary/aromatic N) is 3. The number of nitrogens with two attached hydrogens (primary N) is 1. The van der Waals surface area contributed by atoms with Gasteiger partial charge in [-0.1, -0.05) is 35.5 Å². The molecule has 0 aliphatic rings. The zero-order valence-corrected chi connectivity index (χ0v) is 12.4. The third kappa shape index (κ3) is 2.99. The fourth-order valence-electron chi connectivity index (χ4n) is 2.22. The van der Waals surface area contributed by atoms with E-state index in [2.05, 4.69) is 10.3 Å². The Hall–Kier alpha value is -2.66. The summed E-state index contributed by atoms with van der Waals surface area (Å²) in [5.74, 6) is 0.824. The van der Waals surface area contributed by atoms with E-state index in [1.54, 1.807) is 4.68 Å². The molecule has 3 aromatic rings. The number of ether oxygens (including phenoxy) is 1. The van der Waals surface area contributed by atoms with E-state index in [1.807, 2.05) is 61.5 Å². The van der Waals surface area contributed by atoms with E-state index in [-0.39, 0.29) is 0 Å². The maximum atomic E-state index is 5.77. The van der Waals surface area contributed by atoms with E-state index < -0.39 is 0 Å². The molecule has 0 spiro atoms.